The summed E-state index contributed by atoms with van der Waals surface area (Å²) in [5, 5.41) is 17.0. The van der Waals surface area contributed by atoms with Gasteiger partial charge in [-0.1, -0.05) is 0 Å². The van der Waals surface area contributed by atoms with Gasteiger partial charge in [0.15, 0.2) is 6.04 Å². The standard InChI is InChI=1S/C9H11ClN4O5S/c10-20(18,19)7-5-13(12-8(7)14(16)17)6-3-1-2-4-11-9(6)15/h5-6H,1-4H2,(H,11,15). The maximum absolute atomic E-state index is 11.8. The molecule has 1 aliphatic rings. The van der Waals surface area contributed by atoms with Gasteiger partial charge in [0.2, 0.25) is 10.8 Å². The first kappa shape index (κ1) is 14.7. The van der Waals surface area contributed by atoms with Crippen LogP contribution in [-0.4, -0.2) is 35.6 Å². The van der Waals surface area contributed by atoms with Crippen molar-refractivity contribution in [3.63, 3.8) is 0 Å². The normalized spacial score (nSPS) is 20.2. The molecule has 1 atom stereocenters. The third-order valence-electron chi connectivity index (χ3n) is 2.94. The van der Waals surface area contributed by atoms with Gasteiger partial charge in [-0.05, 0) is 24.2 Å². The number of nitrogens with one attached hydrogen (secondary N) is 1. The number of carbonyl (C=O) groups excluding carboxylic acids is 1. The minimum absolute atomic E-state index is 0.349. The predicted octanol–water partition coefficient (Wildman–Crippen LogP) is 0.560. The van der Waals surface area contributed by atoms with Crippen molar-refractivity contribution in [2.45, 2.75) is 30.2 Å². The van der Waals surface area contributed by atoms with E-state index in [2.05, 4.69) is 10.4 Å². The molecule has 1 fully saturated rings. The minimum atomic E-state index is -4.31. The van der Waals surface area contributed by atoms with Crippen LogP contribution in [0.2, 0.25) is 0 Å². The van der Waals surface area contributed by atoms with Crippen LogP contribution in [0.15, 0.2) is 11.1 Å². The molecule has 20 heavy (non-hydrogen) atoms. The van der Waals surface area contributed by atoms with Crippen LogP contribution in [0, 0.1) is 10.1 Å². The Morgan fingerprint density at radius 2 is 2.20 bits per heavy atom. The number of rotatable bonds is 3. The molecule has 1 N–H and O–H groups in total. The lowest BCUT2D eigenvalue weighted by molar-refractivity contribution is -0.392. The Bertz CT molecular complexity index is 655. The lowest BCUT2D eigenvalue weighted by Crippen LogP contribution is -2.31. The van der Waals surface area contributed by atoms with E-state index in [1.54, 1.807) is 0 Å². The average molecular weight is 323 g/mol. The van der Waals surface area contributed by atoms with Gasteiger partial charge in [0.05, 0.1) is 11.3 Å². The average Bonchev–Trinajstić information content (AvgIpc) is 2.68. The summed E-state index contributed by atoms with van der Waals surface area (Å²) in [4.78, 5) is 21.0. The molecule has 1 saturated heterocycles. The maximum atomic E-state index is 11.8. The van der Waals surface area contributed by atoms with Gasteiger partial charge in [0.1, 0.15) is 0 Å². The number of hydrogen-bond acceptors (Lipinski definition) is 6. The third-order valence-corrected chi connectivity index (χ3v) is 4.25. The summed E-state index contributed by atoms with van der Waals surface area (Å²) >= 11 is 0. The third kappa shape index (κ3) is 2.90. The van der Waals surface area contributed by atoms with E-state index in [-0.39, 0.29) is 5.91 Å². The molecule has 0 aromatic carbocycles. The largest absolute Gasteiger partial charge is 0.410 e. The van der Waals surface area contributed by atoms with Crippen molar-refractivity contribution in [1.82, 2.24) is 15.1 Å². The molecule has 11 heteroatoms. The molecule has 1 amide bonds. The highest BCUT2D eigenvalue weighted by Gasteiger charge is 2.34. The Morgan fingerprint density at radius 1 is 1.50 bits per heavy atom. The van der Waals surface area contributed by atoms with E-state index in [9.17, 15) is 23.3 Å². The molecule has 1 unspecified atom stereocenters. The number of amides is 1. The lowest BCUT2D eigenvalue weighted by Gasteiger charge is -2.09. The molecule has 0 aliphatic carbocycles. The second-order valence-corrected chi connectivity index (χ2v) is 6.83. The topological polar surface area (TPSA) is 124 Å². The molecule has 1 aromatic heterocycles. The van der Waals surface area contributed by atoms with Crippen molar-refractivity contribution in [1.29, 1.82) is 0 Å². The lowest BCUT2D eigenvalue weighted by atomic mass is 10.1. The number of nitrogens with zero attached hydrogens (tertiary/aromatic N) is 3. The fourth-order valence-electron chi connectivity index (χ4n) is 2.00. The van der Waals surface area contributed by atoms with Crippen molar-refractivity contribution >= 4 is 31.5 Å². The summed E-state index contributed by atoms with van der Waals surface area (Å²) in [5.41, 5.74) is 0. The van der Waals surface area contributed by atoms with Crippen LogP contribution in [0.4, 0.5) is 5.82 Å². The van der Waals surface area contributed by atoms with Gasteiger partial charge in [-0.2, -0.15) is 4.68 Å². The minimum Gasteiger partial charge on any atom is -0.358 e. The zero-order valence-electron chi connectivity index (χ0n) is 10.2. The van der Waals surface area contributed by atoms with Gasteiger partial charge in [-0.15, -0.1) is 0 Å². The van der Waals surface area contributed by atoms with Crippen molar-refractivity contribution < 1.29 is 18.1 Å². The zero-order chi connectivity index (χ0) is 14.9. The number of halogens is 1. The van der Waals surface area contributed by atoms with Gasteiger partial charge in [0.25, 0.3) is 9.05 Å². The smallest absolute Gasteiger partial charge is 0.358 e. The van der Waals surface area contributed by atoms with Crippen LogP contribution in [-0.2, 0) is 13.8 Å². The molecule has 0 radical (unpaired) electrons. The van der Waals surface area contributed by atoms with Crippen LogP contribution < -0.4 is 5.32 Å². The van der Waals surface area contributed by atoms with Gasteiger partial charge in [-0.25, -0.2) is 8.42 Å². The molecular weight excluding hydrogens is 312 g/mol. The number of aromatic nitrogens is 2. The van der Waals surface area contributed by atoms with E-state index in [0.29, 0.717) is 13.0 Å². The second kappa shape index (κ2) is 5.37. The van der Waals surface area contributed by atoms with E-state index in [4.69, 9.17) is 10.7 Å². The molecule has 2 rings (SSSR count). The number of carbonyl (C=O) groups is 1. The Hall–Kier alpha value is -1.68. The first-order valence-corrected chi connectivity index (χ1v) is 8.07. The van der Waals surface area contributed by atoms with Crippen LogP contribution in [0.1, 0.15) is 25.3 Å². The van der Waals surface area contributed by atoms with Crippen molar-refractivity contribution in [3.8, 4) is 0 Å². The Kier molecular flexibility index (Phi) is 3.95. The van der Waals surface area contributed by atoms with Gasteiger partial charge in [0, 0.05) is 17.2 Å². The summed E-state index contributed by atoms with van der Waals surface area (Å²) in [7, 11) is 0.835. The van der Waals surface area contributed by atoms with Crippen molar-refractivity contribution in [3.05, 3.63) is 16.3 Å². The molecular formula is C9H11ClN4O5S. The van der Waals surface area contributed by atoms with E-state index in [0.717, 1.165) is 23.7 Å². The highest BCUT2D eigenvalue weighted by molar-refractivity contribution is 8.13. The summed E-state index contributed by atoms with van der Waals surface area (Å²) in [6.07, 6.45) is 2.86. The molecule has 1 aliphatic heterocycles. The van der Waals surface area contributed by atoms with Crippen molar-refractivity contribution in [2.24, 2.45) is 0 Å². The second-order valence-electron chi connectivity index (χ2n) is 4.29. The van der Waals surface area contributed by atoms with Gasteiger partial charge >= 0.3 is 5.82 Å². The predicted molar refractivity (Wildman–Crippen MR) is 67.8 cm³/mol. The quantitative estimate of drug-likeness (QED) is 0.492. The van der Waals surface area contributed by atoms with E-state index >= 15 is 0 Å². The monoisotopic (exact) mass is 322 g/mol. The Balaban J connectivity index is 2.47. The molecule has 0 bridgehead atoms. The molecule has 2 heterocycles. The van der Waals surface area contributed by atoms with Crippen LogP contribution in [0.25, 0.3) is 0 Å². The SMILES string of the molecule is O=C1NCCCCC1n1cc(S(=O)(=O)Cl)c([N+](=O)[O-])n1. The fraction of sp³-hybridized carbons (Fsp3) is 0.556. The van der Waals surface area contributed by atoms with E-state index < -0.39 is 30.7 Å². The molecule has 110 valence electrons. The van der Waals surface area contributed by atoms with Gasteiger partial charge < -0.3 is 15.4 Å². The Morgan fingerprint density at radius 3 is 2.75 bits per heavy atom. The summed E-state index contributed by atoms with van der Waals surface area (Å²) in [6, 6.07) is -0.775. The summed E-state index contributed by atoms with van der Waals surface area (Å²) < 4.78 is 23.6. The first-order chi connectivity index (χ1) is 9.30. The maximum Gasteiger partial charge on any atom is 0.410 e. The summed E-state index contributed by atoms with van der Waals surface area (Å²) in [5.74, 6) is -1.23. The van der Waals surface area contributed by atoms with E-state index in [1.165, 1.54) is 0 Å². The number of nitro groups is 1. The van der Waals surface area contributed by atoms with E-state index in [1.807, 2.05) is 0 Å². The zero-order valence-corrected chi connectivity index (χ0v) is 11.7. The molecule has 9 nitrogen and oxygen atoms in total. The number of hydrogen-bond donors (Lipinski definition) is 1. The van der Waals surface area contributed by atoms with Crippen molar-refractivity contribution in [2.75, 3.05) is 6.54 Å². The first-order valence-electron chi connectivity index (χ1n) is 5.76. The van der Waals surface area contributed by atoms with Crippen LogP contribution in [0.5, 0.6) is 0 Å². The molecule has 0 spiro atoms. The summed E-state index contributed by atoms with van der Waals surface area (Å²) in [6.45, 7) is 0.513. The van der Waals surface area contributed by atoms with Crippen LogP contribution >= 0.6 is 10.7 Å². The highest BCUT2D eigenvalue weighted by Crippen LogP contribution is 2.28. The van der Waals surface area contributed by atoms with Gasteiger partial charge in [-0.3, -0.25) is 4.79 Å². The fourth-order valence-corrected chi connectivity index (χ4v) is 2.89. The highest BCUT2D eigenvalue weighted by atomic mass is 35.7. The Labute approximate surface area is 118 Å². The molecule has 1 aromatic rings. The van der Waals surface area contributed by atoms with Crippen LogP contribution in [0.3, 0.4) is 0 Å². The molecule has 0 saturated carbocycles.